The maximum Gasteiger partial charge on any atom is 0.141 e. The molecule has 6 heteroatoms. The Bertz CT molecular complexity index is 405. The van der Waals surface area contributed by atoms with Crippen LogP contribution in [0.25, 0.3) is 0 Å². The first-order chi connectivity index (χ1) is 8.70. The fourth-order valence-corrected chi connectivity index (χ4v) is 2.16. The van der Waals surface area contributed by atoms with Gasteiger partial charge in [-0.25, -0.2) is 15.2 Å². The summed E-state index contributed by atoms with van der Waals surface area (Å²) in [5.41, 5.74) is 7.28. The molecule has 2 atom stereocenters. The lowest BCUT2D eigenvalue weighted by molar-refractivity contribution is 0.194. The molecular weight excluding hydrogens is 257 g/mol. The summed E-state index contributed by atoms with van der Waals surface area (Å²) < 4.78 is 18.0. The quantitative estimate of drug-likeness (QED) is 0.713. The molecule has 1 saturated heterocycles. The van der Waals surface area contributed by atoms with Crippen molar-refractivity contribution >= 4 is 11.6 Å². The molecule has 0 amide bonds. The van der Waals surface area contributed by atoms with Crippen LogP contribution >= 0.6 is 11.6 Å². The lowest BCUT2D eigenvalue weighted by Gasteiger charge is -2.11. The second-order valence-electron chi connectivity index (χ2n) is 4.25. The Hall–Kier alpha value is -0.720. The summed E-state index contributed by atoms with van der Waals surface area (Å²) >= 11 is 5.78. The highest BCUT2D eigenvalue weighted by molar-refractivity contribution is 6.30. The first-order valence-corrected chi connectivity index (χ1v) is 6.27. The molecule has 0 spiro atoms. The van der Waals surface area contributed by atoms with Gasteiger partial charge in [0.25, 0.3) is 0 Å². The molecule has 18 heavy (non-hydrogen) atoms. The number of rotatable bonds is 5. The summed E-state index contributed by atoms with van der Waals surface area (Å²) in [7, 11) is 1.67. The Morgan fingerprint density at radius 3 is 3.06 bits per heavy atom. The average molecular weight is 274 g/mol. The van der Waals surface area contributed by atoms with Gasteiger partial charge < -0.3 is 4.74 Å². The Morgan fingerprint density at radius 1 is 1.50 bits per heavy atom. The van der Waals surface area contributed by atoms with Gasteiger partial charge in [0, 0.05) is 19.7 Å². The number of ether oxygens (including phenoxy) is 1. The third-order valence-corrected chi connectivity index (χ3v) is 3.24. The van der Waals surface area contributed by atoms with Gasteiger partial charge in [0.2, 0.25) is 0 Å². The number of nitrogens with one attached hydrogen (secondary N) is 3. The highest BCUT2D eigenvalue weighted by atomic mass is 35.5. The summed E-state index contributed by atoms with van der Waals surface area (Å²) in [5.74, 6) is -0.388. The number of methoxy groups -OCH3 is 1. The molecule has 0 bridgehead atoms. The molecule has 0 aliphatic carbocycles. The number of hydrazine groups is 1. The van der Waals surface area contributed by atoms with Gasteiger partial charge in [0.1, 0.15) is 5.82 Å². The maximum absolute atomic E-state index is 13.1. The van der Waals surface area contributed by atoms with Gasteiger partial charge in [-0.3, -0.25) is 5.32 Å². The molecule has 4 nitrogen and oxygen atoms in total. The molecular formula is C12H17ClFN3O. The first kappa shape index (κ1) is 13.7. The van der Waals surface area contributed by atoms with Crippen molar-refractivity contribution in [3.8, 4) is 0 Å². The third kappa shape index (κ3) is 3.40. The van der Waals surface area contributed by atoms with E-state index in [4.69, 9.17) is 16.3 Å². The minimum Gasteiger partial charge on any atom is -0.383 e. The van der Waals surface area contributed by atoms with Gasteiger partial charge in [-0.05, 0) is 24.1 Å². The molecule has 1 aromatic rings. The largest absolute Gasteiger partial charge is 0.383 e. The fraction of sp³-hybridized carbons (Fsp3) is 0.500. The molecule has 2 rings (SSSR count). The van der Waals surface area contributed by atoms with Gasteiger partial charge in [0.15, 0.2) is 0 Å². The topological polar surface area (TPSA) is 45.3 Å². The van der Waals surface area contributed by atoms with Gasteiger partial charge in [-0.1, -0.05) is 17.7 Å². The molecule has 1 aliphatic rings. The molecule has 0 aromatic heterocycles. The van der Waals surface area contributed by atoms with Crippen molar-refractivity contribution in [3.63, 3.8) is 0 Å². The minimum absolute atomic E-state index is 0.128. The highest BCUT2D eigenvalue weighted by Gasteiger charge is 2.24. The predicted octanol–water partition coefficient (Wildman–Crippen LogP) is 1.58. The second kappa shape index (κ2) is 6.45. The minimum atomic E-state index is -0.388. The zero-order chi connectivity index (χ0) is 13.0. The van der Waals surface area contributed by atoms with Gasteiger partial charge >= 0.3 is 0 Å². The van der Waals surface area contributed by atoms with Crippen LogP contribution in [-0.2, 0) is 4.74 Å². The van der Waals surface area contributed by atoms with E-state index in [1.165, 1.54) is 6.07 Å². The molecule has 1 aromatic carbocycles. The van der Waals surface area contributed by atoms with Crippen LogP contribution < -0.4 is 16.2 Å². The van der Waals surface area contributed by atoms with Crippen LogP contribution in [0.3, 0.4) is 0 Å². The Morgan fingerprint density at radius 2 is 2.33 bits per heavy atom. The van der Waals surface area contributed by atoms with Crippen LogP contribution in [-0.4, -0.2) is 26.4 Å². The van der Waals surface area contributed by atoms with Gasteiger partial charge in [-0.15, -0.1) is 0 Å². The van der Waals surface area contributed by atoms with E-state index in [0.717, 1.165) is 18.5 Å². The summed E-state index contributed by atoms with van der Waals surface area (Å²) in [4.78, 5) is 0. The van der Waals surface area contributed by atoms with Crippen LogP contribution in [0, 0.1) is 5.82 Å². The number of hydrogen-bond donors (Lipinski definition) is 3. The van der Waals surface area contributed by atoms with Gasteiger partial charge in [-0.2, -0.15) is 0 Å². The summed E-state index contributed by atoms with van der Waals surface area (Å²) in [5, 5.41) is 3.46. The lowest BCUT2D eigenvalue weighted by Crippen LogP contribution is -2.42. The normalized spacial score (nSPS) is 23.5. The Kier molecular flexibility index (Phi) is 4.91. The van der Waals surface area contributed by atoms with E-state index in [1.807, 2.05) is 0 Å². The van der Waals surface area contributed by atoms with Crippen molar-refractivity contribution in [2.75, 3.05) is 20.3 Å². The van der Waals surface area contributed by atoms with Crippen molar-refractivity contribution in [3.05, 3.63) is 34.6 Å². The van der Waals surface area contributed by atoms with Crippen molar-refractivity contribution in [2.24, 2.45) is 0 Å². The standard InChI is InChI=1S/C12H17ClFN3O/c1-18-5-4-15-12-7-11(16-17-12)8-2-3-10(14)9(13)6-8/h2-3,6,11-12,15-17H,4-5,7H2,1H3. The summed E-state index contributed by atoms with van der Waals surface area (Å²) in [6.07, 6.45) is 1.04. The van der Waals surface area contributed by atoms with E-state index in [2.05, 4.69) is 16.2 Å². The van der Waals surface area contributed by atoms with Gasteiger partial charge in [0.05, 0.1) is 17.8 Å². The van der Waals surface area contributed by atoms with Crippen LogP contribution in [0.5, 0.6) is 0 Å². The number of hydrogen-bond acceptors (Lipinski definition) is 4. The molecule has 0 radical (unpaired) electrons. The smallest absolute Gasteiger partial charge is 0.141 e. The highest BCUT2D eigenvalue weighted by Crippen LogP contribution is 2.25. The van der Waals surface area contributed by atoms with E-state index in [9.17, 15) is 4.39 Å². The Balaban J connectivity index is 1.89. The number of benzene rings is 1. The van der Waals surface area contributed by atoms with E-state index < -0.39 is 0 Å². The molecule has 100 valence electrons. The lowest BCUT2D eigenvalue weighted by atomic mass is 10.0. The van der Waals surface area contributed by atoms with E-state index in [1.54, 1.807) is 19.2 Å². The zero-order valence-electron chi connectivity index (χ0n) is 10.2. The van der Waals surface area contributed by atoms with Crippen LogP contribution in [0.2, 0.25) is 5.02 Å². The van der Waals surface area contributed by atoms with Crippen molar-refractivity contribution < 1.29 is 9.13 Å². The average Bonchev–Trinajstić information content (AvgIpc) is 2.82. The maximum atomic E-state index is 13.1. The second-order valence-corrected chi connectivity index (χ2v) is 4.66. The van der Waals surface area contributed by atoms with Crippen LogP contribution in [0.4, 0.5) is 4.39 Å². The third-order valence-electron chi connectivity index (χ3n) is 2.95. The monoisotopic (exact) mass is 273 g/mol. The summed E-state index contributed by atoms with van der Waals surface area (Å²) in [6, 6.07) is 4.93. The molecule has 0 saturated carbocycles. The molecule has 1 aliphatic heterocycles. The zero-order valence-corrected chi connectivity index (χ0v) is 10.9. The van der Waals surface area contributed by atoms with E-state index >= 15 is 0 Å². The van der Waals surface area contributed by atoms with Crippen molar-refractivity contribution in [2.45, 2.75) is 18.6 Å². The fourth-order valence-electron chi connectivity index (χ4n) is 1.97. The van der Waals surface area contributed by atoms with Crippen LogP contribution in [0.1, 0.15) is 18.0 Å². The Labute approximate surface area is 111 Å². The number of halogens is 2. The summed E-state index contributed by atoms with van der Waals surface area (Å²) in [6.45, 7) is 1.46. The van der Waals surface area contributed by atoms with Crippen molar-refractivity contribution in [1.82, 2.24) is 16.2 Å². The van der Waals surface area contributed by atoms with Crippen LogP contribution in [0.15, 0.2) is 18.2 Å². The van der Waals surface area contributed by atoms with E-state index in [-0.39, 0.29) is 23.0 Å². The van der Waals surface area contributed by atoms with Crippen molar-refractivity contribution in [1.29, 1.82) is 0 Å². The van der Waals surface area contributed by atoms with E-state index in [0.29, 0.717) is 6.61 Å². The SMILES string of the molecule is COCCNC1CC(c2ccc(F)c(Cl)c2)NN1. The molecule has 3 N–H and O–H groups in total. The first-order valence-electron chi connectivity index (χ1n) is 5.89. The molecule has 1 fully saturated rings. The predicted molar refractivity (Wildman–Crippen MR) is 68.7 cm³/mol. The molecule has 1 heterocycles. The molecule has 2 unspecified atom stereocenters.